The first kappa shape index (κ1) is 9.30. The summed E-state index contributed by atoms with van der Waals surface area (Å²) in [5.41, 5.74) is 0. The molecule has 1 rings (SSSR count). The molecule has 2 nitrogen and oxygen atoms in total. The molecule has 1 fully saturated rings. The van der Waals surface area contributed by atoms with Gasteiger partial charge in [-0.2, -0.15) is 0 Å². The number of nitrogens with zero attached hydrogens (tertiary/aromatic N) is 1. The predicted octanol–water partition coefficient (Wildman–Crippen LogP) is 0.929. The molecule has 3 heteroatoms. The molecule has 1 N–H and O–H groups in total. The van der Waals surface area contributed by atoms with Crippen LogP contribution >= 0.6 is 11.6 Å². The van der Waals surface area contributed by atoms with Gasteiger partial charge in [0.15, 0.2) is 0 Å². The highest BCUT2D eigenvalue weighted by molar-refractivity contribution is 6.17. The standard InChI is InChI=1S/C8H16ClNO/c9-3-1-4-10-5-2-8(6-10)7-11/h8,11H,1-7H2. The van der Waals surface area contributed by atoms with E-state index in [1.165, 1.54) is 0 Å². The average molecular weight is 178 g/mol. The molecular formula is C8H16ClNO. The van der Waals surface area contributed by atoms with Gasteiger partial charge in [-0.1, -0.05) is 0 Å². The molecule has 0 aromatic heterocycles. The van der Waals surface area contributed by atoms with Gasteiger partial charge in [0.25, 0.3) is 0 Å². The molecule has 1 heterocycles. The number of aliphatic hydroxyl groups excluding tert-OH is 1. The molecule has 0 spiro atoms. The van der Waals surface area contributed by atoms with Gasteiger partial charge in [0.1, 0.15) is 0 Å². The molecule has 0 aliphatic carbocycles. The van der Waals surface area contributed by atoms with Crippen molar-refractivity contribution in [2.75, 3.05) is 32.1 Å². The van der Waals surface area contributed by atoms with Gasteiger partial charge >= 0.3 is 0 Å². The van der Waals surface area contributed by atoms with Crippen LogP contribution in [-0.2, 0) is 0 Å². The van der Waals surface area contributed by atoms with Gasteiger partial charge in [0.2, 0.25) is 0 Å². The van der Waals surface area contributed by atoms with Crippen LogP contribution in [0.25, 0.3) is 0 Å². The van der Waals surface area contributed by atoms with Crippen molar-refractivity contribution in [1.29, 1.82) is 0 Å². The fourth-order valence-electron chi connectivity index (χ4n) is 1.55. The Morgan fingerprint density at radius 1 is 1.55 bits per heavy atom. The van der Waals surface area contributed by atoms with Crippen molar-refractivity contribution in [2.24, 2.45) is 5.92 Å². The smallest absolute Gasteiger partial charge is 0.0471 e. The van der Waals surface area contributed by atoms with Crippen molar-refractivity contribution in [1.82, 2.24) is 4.90 Å². The minimum absolute atomic E-state index is 0.345. The fraction of sp³-hybridized carbons (Fsp3) is 1.00. The third-order valence-electron chi connectivity index (χ3n) is 2.24. The first-order chi connectivity index (χ1) is 5.36. The van der Waals surface area contributed by atoms with E-state index in [0.717, 1.165) is 38.4 Å². The molecule has 0 amide bonds. The third-order valence-corrected chi connectivity index (χ3v) is 2.50. The Labute approximate surface area is 73.1 Å². The lowest BCUT2D eigenvalue weighted by molar-refractivity contribution is 0.222. The molecule has 11 heavy (non-hydrogen) atoms. The molecule has 1 saturated heterocycles. The van der Waals surface area contributed by atoms with Gasteiger partial charge in [0.05, 0.1) is 0 Å². The molecule has 0 radical (unpaired) electrons. The molecular weight excluding hydrogens is 162 g/mol. The minimum Gasteiger partial charge on any atom is -0.396 e. The van der Waals surface area contributed by atoms with Gasteiger partial charge < -0.3 is 10.0 Å². The van der Waals surface area contributed by atoms with Crippen LogP contribution in [0.1, 0.15) is 12.8 Å². The second-order valence-corrected chi connectivity index (χ2v) is 3.56. The van der Waals surface area contributed by atoms with Gasteiger partial charge in [-0.05, 0) is 31.8 Å². The van der Waals surface area contributed by atoms with Crippen molar-refractivity contribution in [3.63, 3.8) is 0 Å². The maximum Gasteiger partial charge on any atom is 0.0471 e. The summed E-state index contributed by atoms with van der Waals surface area (Å²) >= 11 is 5.57. The third kappa shape index (κ3) is 2.97. The molecule has 0 saturated carbocycles. The number of hydrogen-bond acceptors (Lipinski definition) is 2. The van der Waals surface area contributed by atoms with Gasteiger partial charge in [-0.25, -0.2) is 0 Å². The first-order valence-corrected chi connectivity index (χ1v) is 4.79. The van der Waals surface area contributed by atoms with E-state index in [1.54, 1.807) is 0 Å². The van der Waals surface area contributed by atoms with E-state index in [4.69, 9.17) is 16.7 Å². The molecule has 1 atom stereocenters. The topological polar surface area (TPSA) is 23.5 Å². The van der Waals surface area contributed by atoms with Gasteiger partial charge in [-0.15, -0.1) is 11.6 Å². The molecule has 0 bridgehead atoms. The number of rotatable bonds is 4. The van der Waals surface area contributed by atoms with Crippen LogP contribution in [0.2, 0.25) is 0 Å². The Bertz CT molecular complexity index is 110. The number of aliphatic hydroxyl groups is 1. The normalized spacial score (nSPS) is 26.2. The second-order valence-electron chi connectivity index (χ2n) is 3.18. The molecule has 1 aliphatic rings. The second kappa shape index (κ2) is 4.96. The van der Waals surface area contributed by atoms with Crippen LogP contribution in [0.3, 0.4) is 0 Å². The average Bonchev–Trinajstić information content (AvgIpc) is 2.48. The summed E-state index contributed by atoms with van der Waals surface area (Å²) in [5.74, 6) is 1.27. The van der Waals surface area contributed by atoms with Gasteiger partial charge in [-0.3, -0.25) is 0 Å². The maximum absolute atomic E-state index is 8.86. The van der Waals surface area contributed by atoms with Crippen molar-refractivity contribution in [3.05, 3.63) is 0 Å². The summed E-state index contributed by atoms with van der Waals surface area (Å²) in [5, 5.41) is 8.86. The Balaban J connectivity index is 2.09. The van der Waals surface area contributed by atoms with Crippen molar-refractivity contribution in [2.45, 2.75) is 12.8 Å². The molecule has 1 unspecified atom stereocenters. The molecule has 1 aliphatic heterocycles. The quantitative estimate of drug-likeness (QED) is 0.646. The predicted molar refractivity (Wildman–Crippen MR) is 47.0 cm³/mol. The zero-order chi connectivity index (χ0) is 8.10. The van der Waals surface area contributed by atoms with Crippen LogP contribution < -0.4 is 0 Å². The van der Waals surface area contributed by atoms with Crippen molar-refractivity contribution >= 4 is 11.6 Å². The van der Waals surface area contributed by atoms with E-state index in [-0.39, 0.29) is 0 Å². The van der Waals surface area contributed by atoms with E-state index in [9.17, 15) is 0 Å². The first-order valence-electron chi connectivity index (χ1n) is 4.26. The zero-order valence-corrected chi connectivity index (χ0v) is 7.56. The summed E-state index contributed by atoms with van der Waals surface area (Å²) in [6.45, 7) is 3.65. The van der Waals surface area contributed by atoms with E-state index in [2.05, 4.69) is 4.90 Å². The number of halogens is 1. The monoisotopic (exact) mass is 177 g/mol. The Hall–Kier alpha value is 0.210. The van der Waals surface area contributed by atoms with E-state index in [0.29, 0.717) is 12.5 Å². The Kier molecular flexibility index (Phi) is 4.20. The highest BCUT2D eigenvalue weighted by Gasteiger charge is 2.20. The van der Waals surface area contributed by atoms with Gasteiger partial charge in [0, 0.05) is 19.0 Å². The van der Waals surface area contributed by atoms with Crippen LogP contribution in [0.15, 0.2) is 0 Å². The van der Waals surface area contributed by atoms with Crippen LogP contribution in [-0.4, -0.2) is 42.1 Å². The summed E-state index contributed by atoms with van der Waals surface area (Å²) in [6.07, 6.45) is 2.22. The summed E-state index contributed by atoms with van der Waals surface area (Å²) in [6, 6.07) is 0. The highest BCUT2D eigenvalue weighted by atomic mass is 35.5. The SMILES string of the molecule is OCC1CCN(CCCCl)C1. The lowest BCUT2D eigenvalue weighted by Gasteiger charge is -2.13. The van der Waals surface area contributed by atoms with E-state index >= 15 is 0 Å². The number of likely N-dealkylation sites (tertiary alicyclic amines) is 1. The lowest BCUT2D eigenvalue weighted by atomic mass is 10.1. The van der Waals surface area contributed by atoms with Crippen molar-refractivity contribution < 1.29 is 5.11 Å². The Morgan fingerprint density at radius 3 is 2.91 bits per heavy atom. The lowest BCUT2D eigenvalue weighted by Crippen LogP contribution is -2.22. The molecule has 0 aromatic rings. The highest BCUT2D eigenvalue weighted by Crippen LogP contribution is 2.15. The van der Waals surface area contributed by atoms with Crippen LogP contribution in [0, 0.1) is 5.92 Å². The maximum atomic E-state index is 8.86. The summed E-state index contributed by atoms with van der Waals surface area (Å²) in [4.78, 5) is 2.38. The largest absolute Gasteiger partial charge is 0.396 e. The zero-order valence-electron chi connectivity index (χ0n) is 6.80. The number of alkyl halides is 1. The summed E-state index contributed by atoms with van der Waals surface area (Å²) < 4.78 is 0. The van der Waals surface area contributed by atoms with Crippen LogP contribution in [0.5, 0.6) is 0 Å². The molecule has 66 valence electrons. The van der Waals surface area contributed by atoms with Crippen molar-refractivity contribution in [3.8, 4) is 0 Å². The van der Waals surface area contributed by atoms with Crippen LogP contribution in [0.4, 0.5) is 0 Å². The fourth-order valence-corrected chi connectivity index (χ4v) is 1.67. The summed E-state index contributed by atoms with van der Waals surface area (Å²) in [7, 11) is 0. The Morgan fingerprint density at radius 2 is 2.36 bits per heavy atom. The number of hydrogen-bond donors (Lipinski definition) is 1. The minimum atomic E-state index is 0.345. The van der Waals surface area contributed by atoms with E-state index < -0.39 is 0 Å². The van der Waals surface area contributed by atoms with E-state index in [1.807, 2.05) is 0 Å². The molecule has 0 aromatic carbocycles.